The SMILES string of the molecule is COc1cc(CN2CCC(N)CC2C)ccn1. The molecule has 2 rings (SSSR count). The van der Waals surface area contributed by atoms with Gasteiger partial charge in [-0.25, -0.2) is 4.98 Å². The Morgan fingerprint density at radius 1 is 1.59 bits per heavy atom. The normalized spacial score (nSPS) is 25.8. The molecule has 4 heteroatoms. The second-order valence-electron chi connectivity index (χ2n) is 4.81. The molecular formula is C13H21N3O. The number of rotatable bonds is 3. The standard InChI is InChI=1S/C13H21N3O/c1-10-7-12(14)4-6-16(10)9-11-3-5-15-13(8-11)17-2/h3,5,8,10,12H,4,6-7,9,14H2,1-2H3. The van der Waals surface area contributed by atoms with Gasteiger partial charge in [0, 0.05) is 37.4 Å². The molecule has 1 aliphatic rings. The fourth-order valence-corrected chi connectivity index (χ4v) is 2.39. The van der Waals surface area contributed by atoms with E-state index in [4.69, 9.17) is 10.5 Å². The maximum atomic E-state index is 5.97. The lowest BCUT2D eigenvalue weighted by atomic mass is 9.98. The number of nitrogens with two attached hydrogens (primary N) is 1. The average molecular weight is 235 g/mol. The van der Waals surface area contributed by atoms with Crippen LogP contribution in [0.5, 0.6) is 5.88 Å². The van der Waals surface area contributed by atoms with E-state index in [-0.39, 0.29) is 0 Å². The molecule has 2 unspecified atom stereocenters. The lowest BCUT2D eigenvalue weighted by Gasteiger charge is -2.36. The predicted octanol–water partition coefficient (Wildman–Crippen LogP) is 1.40. The van der Waals surface area contributed by atoms with Crippen molar-refractivity contribution in [2.45, 2.75) is 38.4 Å². The van der Waals surface area contributed by atoms with Crippen LogP contribution in [0.1, 0.15) is 25.3 Å². The molecule has 0 aliphatic carbocycles. The Hall–Kier alpha value is -1.13. The van der Waals surface area contributed by atoms with Crippen LogP contribution in [0.3, 0.4) is 0 Å². The Balaban J connectivity index is 2.00. The minimum Gasteiger partial charge on any atom is -0.481 e. The molecule has 1 aromatic heterocycles. The van der Waals surface area contributed by atoms with Crippen LogP contribution in [0.4, 0.5) is 0 Å². The van der Waals surface area contributed by atoms with Crippen LogP contribution in [-0.2, 0) is 6.54 Å². The summed E-state index contributed by atoms with van der Waals surface area (Å²) in [4.78, 5) is 6.59. The van der Waals surface area contributed by atoms with Gasteiger partial charge in [-0.1, -0.05) is 0 Å². The molecular weight excluding hydrogens is 214 g/mol. The molecule has 1 fully saturated rings. The molecule has 17 heavy (non-hydrogen) atoms. The van der Waals surface area contributed by atoms with Gasteiger partial charge >= 0.3 is 0 Å². The summed E-state index contributed by atoms with van der Waals surface area (Å²) >= 11 is 0. The number of hydrogen-bond acceptors (Lipinski definition) is 4. The maximum Gasteiger partial charge on any atom is 0.213 e. The molecule has 1 aliphatic heterocycles. The van der Waals surface area contributed by atoms with Crippen LogP contribution in [0.15, 0.2) is 18.3 Å². The summed E-state index contributed by atoms with van der Waals surface area (Å²) in [6.07, 6.45) is 3.98. The smallest absolute Gasteiger partial charge is 0.213 e. The summed E-state index contributed by atoms with van der Waals surface area (Å²) in [5, 5.41) is 0. The quantitative estimate of drug-likeness (QED) is 0.860. The van der Waals surface area contributed by atoms with Gasteiger partial charge in [-0.2, -0.15) is 0 Å². The van der Waals surface area contributed by atoms with Crippen molar-refractivity contribution in [3.63, 3.8) is 0 Å². The molecule has 0 spiro atoms. The van der Waals surface area contributed by atoms with Crippen LogP contribution < -0.4 is 10.5 Å². The molecule has 94 valence electrons. The molecule has 0 bridgehead atoms. The van der Waals surface area contributed by atoms with E-state index in [1.807, 2.05) is 12.1 Å². The second-order valence-corrected chi connectivity index (χ2v) is 4.81. The first-order valence-corrected chi connectivity index (χ1v) is 6.17. The topological polar surface area (TPSA) is 51.4 Å². The third-order valence-corrected chi connectivity index (χ3v) is 3.45. The van der Waals surface area contributed by atoms with E-state index in [1.54, 1.807) is 13.3 Å². The Kier molecular flexibility index (Phi) is 3.97. The molecule has 2 atom stereocenters. The number of hydrogen-bond donors (Lipinski definition) is 1. The van der Waals surface area contributed by atoms with Gasteiger partial charge in [0.15, 0.2) is 0 Å². The van der Waals surface area contributed by atoms with Gasteiger partial charge in [0.1, 0.15) is 0 Å². The zero-order chi connectivity index (χ0) is 12.3. The molecule has 1 saturated heterocycles. The van der Waals surface area contributed by atoms with Crippen LogP contribution in [0.25, 0.3) is 0 Å². The van der Waals surface area contributed by atoms with E-state index in [1.165, 1.54) is 5.56 Å². The molecule has 4 nitrogen and oxygen atoms in total. The van der Waals surface area contributed by atoms with Gasteiger partial charge in [0.2, 0.25) is 5.88 Å². The summed E-state index contributed by atoms with van der Waals surface area (Å²) in [6, 6.07) is 4.97. The summed E-state index contributed by atoms with van der Waals surface area (Å²) in [5.41, 5.74) is 7.22. The van der Waals surface area contributed by atoms with Gasteiger partial charge in [0.25, 0.3) is 0 Å². The third-order valence-electron chi connectivity index (χ3n) is 3.45. The van der Waals surface area contributed by atoms with Crippen molar-refractivity contribution in [3.05, 3.63) is 23.9 Å². The van der Waals surface area contributed by atoms with E-state index in [2.05, 4.69) is 16.8 Å². The van der Waals surface area contributed by atoms with Crippen molar-refractivity contribution in [2.24, 2.45) is 5.73 Å². The van der Waals surface area contributed by atoms with Gasteiger partial charge in [-0.3, -0.25) is 4.90 Å². The Bertz CT molecular complexity index is 369. The minimum absolute atomic E-state index is 0.369. The van der Waals surface area contributed by atoms with Gasteiger partial charge in [0.05, 0.1) is 7.11 Å². The maximum absolute atomic E-state index is 5.97. The van der Waals surface area contributed by atoms with Crippen molar-refractivity contribution in [1.82, 2.24) is 9.88 Å². The highest BCUT2D eigenvalue weighted by Gasteiger charge is 2.22. The Labute approximate surface area is 103 Å². The van der Waals surface area contributed by atoms with Crippen LogP contribution >= 0.6 is 0 Å². The van der Waals surface area contributed by atoms with Gasteiger partial charge < -0.3 is 10.5 Å². The number of ether oxygens (including phenoxy) is 1. The molecule has 2 N–H and O–H groups in total. The minimum atomic E-state index is 0.369. The molecule has 0 radical (unpaired) electrons. The van der Waals surface area contributed by atoms with Crippen molar-refractivity contribution in [1.29, 1.82) is 0 Å². The highest BCUT2D eigenvalue weighted by atomic mass is 16.5. The van der Waals surface area contributed by atoms with E-state index in [0.29, 0.717) is 18.0 Å². The van der Waals surface area contributed by atoms with Crippen LogP contribution in [0, 0.1) is 0 Å². The average Bonchev–Trinajstić information content (AvgIpc) is 2.33. The number of methoxy groups -OCH3 is 1. The van der Waals surface area contributed by atoms with E-state index >= 15 is 0 Å². The van der Waals surface area contributed by atoms with E-state index in [9.17, 15) is 0 Å². The first-order valence-electron chi connectivity index (χ1n) is 6.17. The lowest BCUT2D eigenvalue weighted by molar-refractivity contribution is 0.140. The largest absolute Gasteiger partial charge is 0.481 e. The molecule has 2 heterocycles. The predicted molar refractivity (Wildman–Crippen MR) is 67.9 cm³/mol. The fraction of sp³-hybridized carbons (Fsp3) is 0.615. The summed E-state index contributed by atoms with van der Waals surface area (Å²) in [6.45, 7) is 4.27. The van der Waals surface area contributed by atoms with Gasteiger partial charge in [-0.15, -0.1) is 0 Å². The van der Waals surface area contributed by atoms with Crippen molar-refractivity contribution in [3.8, 4) is 5.88 Å². The Morgan fingerprint density at radius 2 is 2.41 bits per heavy atom. The second kappa shape index (κ2) is 5.47. The number of piperidine rings is 1. The van der Waals surface area contributed by atoms with Crippen LogP contribution in [0.2, 0.25) is 0 Å². The van der Waals surface area contributed by atoms with E-state index in [0.717, 1.165) is 25.9 Å². The van der Waals surface area contributed by atoms with E-state index < -0.39 is 0 Å². The number of nitrogens with zero attached hydrogens (tertiary/aromatic N) is 2. The highest BCUT2D eigenvalue weighted by Crippen LogP contribution is 2.19. The molecule has 0 saturated carbocycles. The number of aromatic nitrogens is 1. The molecule has 0 aromatic carbocycles. The fourth-order valence-electron chi connectivity index (χ4n) is 2.39. The highest BCUT2D eigenvalue weighted by molar-refractivity contribution is 5.20. The number of pyridine rings is 1. The monoisotopic (exact) mass is 235 g/mol. The summed E-state index contributed by atoms with van der Waals surface area (Å²) in [7, 11) is 1.65. The van der Waals surface area contributed by atoms with Crippen molar-refractivity contribution >= 4 is 0 Å². The van der Waals surface area contributed by atoms with Gasteiger partial charge in [-0.05, 0) is 31.4 Å². The zero-order valence-electron chi connectivity index (χ0n) is 10.6. The lowest BCUT2D eigenvalue weighted by Crippen LogP contribution is -2.44. The molecule has 1 aromatic rings. The summed E-state index contributed by atoms with van der Waals surface area (Å²) < 4.78 is 5.14. The third kappa shape index (κ3) is 3.17. The van der Waals surface area contributed by atoms with Crippen LogP contribution in [-0.4, -0.2) is 35.6 Å². The first kappa shape index (κ1) is 12.3. The zero-order valence-corrected chi connectivity index (χ0v) is 10.6. The molecule has 0 amide bonds. The number of likely N-dealkylation sites (tertiary alicyclic amines) is 1. The van der Waals surface area contributed by atoms with Crippen molar-refractivity contribution < 1.29 is 4.74 Å². The first-order chi connectivity index (χ1) is 8.19. The van der Waals surface area contributed by atoms with Crippen molar-refractivity contribution in [2.75, 3.05) is 13.7 Å². The Morgan fingerprint density at radius 3 is 3.12 bits per heavy atom. The summed E-state index contributed by atoms with van der Waals surface area (Å²) in [5.74, 6) is 0.684.